The molecule has 1 aliphatic rings. The number of ether oxygens (including phenoxy) is 2. The van der Waals surface area contributed by atoms with Crippen LogP contribution in [-0.2, 0) is 6.42 Å². The molecule has 0 atom stereocenters. The zero-order valence-corrected chi connectivity index (χ0v) is 12.7. The van der Waals surface area contributed by atoms with Gasteiger partial charge in [-0.1, -0.05) is 35.6 Å². The van der Waals surface area contributed by atoms with E-state index < -0.39 is 0 Å². The third-order valence-electron chi connectivity index (χ3n) is 3.53. The minimum absolute atomic E-state index is 0.283. The third kappa shape index (κ3) is 3.32. The second-order valence-corrected chi connectivity index (χ2v) is 5.44. The number of allylic oxidation sites excluding steroid dienone is 1. The minimum Gasteiger partial charge on any atom is -0.454 e. The van der Waals surface area contributed by atoms with Crippen LogP contribution in [0.1, 0.15) is 30.0 Å². The highest BCUT2D eigenvalue weighted by Gasteiger charge is 2.16. The van der Waals surface area contributed by atoms with Gasteiger partial charge in [0.1, 0.15) is 0 Å². The number of fused-ring (bicyclic) bond motifs is 1. The Morgan fingerprint density at radius 3 is 2.55 bits per heavy atom. The van der Waals surface area contributed by atoms with Crippen molar-refractivity contribution in [2.24, 2.45) is 0 Å². The molecule has 0 amide bonds. The Labute approximate surface area is 131 Å². The van der Waals surface area contributed by atoms with Gasteiger partial charge in [-0.05, 0) is 43.5 Å². The second kappa shape index (κ2) is 6.41. The second-order valence-electron chi connectivity index (χ2n) is 5.44. The van der Waals surface area contributed by atoms with E-state index in [4.69, 9.17) is 9.47 Å². The van der Waals surface area contributed by atoms with E-state index >= 15 is 0 Å². The van der Waals surface area contributed by atoms with Crippen LogP contribution in [-0.4, -0.2) is 6.79 Å². The van der Waals surface area contributed by atoms with Gasteiger partial charge in [0, 0.05) is 17.2 Å². The molecular weight excluding hydrogens is 272 g/mol. The molecule has 1 heterocycles. The lowest BCUT2D eigenvalue weighted by Crippen LogP contribution is -1.93. The Bertz CT molecular complexity index is 749. The molecule has 0 fully saturated rings. The first kappa shape index (κ1) is 14.3. The summed E-state index contributed by atoms with van der Waals surface area (Å²) in [6.07, 6.45) is 1.85. The topological polar surface area (TPSA) is 18.5 Å². The fourth-order valence-corrected chi connectivity index (χ4v) is 2.32. The summed E-state index contributed by atoms with van der Waals surface area (Å²) in [5, 5.41) is 0. The van der Waals surface area contributed by atoms with Crippen molar-refractivity contribution < 1.29 is 9.47 Å². The zero-order valence-electron chi connectivity index (χ0n) is 12.7. The molecule has 2 heteroatoms. The third-order valence-corrected chi connectivity index (χ3v) is 3.53. The predicted molar refractivity (Wildman–Crippen MR) is 88.1 cm³/mol. The van der Waals surface area contributed by atoms with Gasteiger partial charge >= 0.3 is 0 Å². The van der Waals surface area contributed by atoms with E-state index in [9.17, 15) is 0 Å². The predicted octanol–water partition coefficient (Wildman–Crippen LogP) is 4.32. The molecule has 110 valence electrons. The summed E-state index contributed by atoms with van der Waals surface area (Å²) < 4.78 is 10.9. The maximum absolute atomic E-state index is 5.47. The summed E-state index contributed by atoms with van der Waals surface area (Å²) in [5.74, 6) is 8.06. The smallest absolute Gasteiger partial charge is 0.231 e. The highest BCUT2D eigenvalue weighted by molar-refractivity contribution is 5.55. The Balaban J connectivity index is 1.94. The van der Waals surface area contributed by atoms with Gasteiger partial charge in [-0.3, -0.25) is 0 Å². The van der Waals surface area contributed by atoms with E-state index in [0.717, 1.165) is 35.5 Å². The molecule has 0 saturated heterocycles. The molecule has 0 radical (unpaired) electrons. The fourth-order valence-electron chi connectivity index (χ4n) is 2.32. The first-order valence-electron chi connectivity index (χ1n) is 7.36. The van der Waals surface area contributed by atoms with Gasteiger partial charge in [-0.15, -0.1) is 6.58 Å². The lowest BCUT2D eigenvalue weighted by molar-refractivity contribution is 0.174. The Morgan fingerprint density at radius 2 is 1.82 bits per heavy atom. The van der Waals surface area contributed by atoms with Crippen molar-refractivity contribution in [2.75, 3.05) is 6.79 Å². The quantitative estimate of drug-likeness (QED) is 0.619. The number of rotatable bonds is 3. The minimum atomic E-state index is 0.283. The average Bonchev–Trinajstić information content (AvgIpc) is 2.98. The van der Waals surface area contributed by atoms with Crippen LogP contribution in [0.4, 0.5) is 0 Å². The van der Waals surface area contributed by atoms with Gasteiger partial charge in [0.2, 0.25) is 6.79 Å². The van der Waals surface area contributed by atoms with Crippen LogP contribution in [0, 0.1) is 11.8 Å². The standard InChI is InChI=1S/C20H18O2/c1-15(2)8-10-17-12-19-20(22-14-21-19)13-18(17)11-9-16-6-4-3-5-7-16/h3-7,12-13H,1,8,10,14H2,2H3. The van der Waals surface area contributed by atoms with Crippen molar-refractivity contribution >= 4 is 0 Å². The van der Waals surface area contributed by atoms with Crippen LogP contribution >= 0.6 is 0 Å². The van der Waals surface area contributed by atoms with Gasteiger partial charge in [0.05, 0.1) is 0 Å². The monoisotopic (exact) mass is 290 g/mol. The summed E-state index contributed by atoms with van der Waals surface area (Å²) in [5.41, 5.74) is 4.34. The Morgan fingerprint density at radius 1 is 1.09 bits per heavy atom. The summed E-state index contributed by atoms with van der Waals surface area (Å²) >= 11 is 0. The van der Waals surface area contributed by atoms with E-state index in [1.165, 1.54) is 11.1 Å². The van der Waals surface area contributed by atoms with Crippen molar-refractivity contribution in [3.8, 4) is 23.3 Å². The highest BCUT2D eigenvalue weighted by atomic mass is 16.7. The summed E-state index contributed by atoms with van der Waals surface area (Å²) in [4.78, 5) is 0. The molecule has 2 nitrogen and oxygen atoms in total. The zero-order chi connectivity index (χ0) is 15.4. The van der Waals surface area contributed by atoms with E-state index in [1.807, 2.05) is 49.4 Å². The number of hydrogen-bond donors (Lipinski definition) is 0. The normalized spacial score (nSPS) is 11.7. The molecular formula is C20H18O2. The van der Waals surface area contributed by atoms with Gasteiger partial charge < -0.3 is 9.47 Å². The maximum Gasteiger partial charge on any atom is 0.231 e. The molecule has 2 aromatic rings. The van der Waals surface area contributed by atoms with Crippen molar-refractivity contribution in [2.45, 2.75) is 19.8 Å². The van der Waals surface area contributed by atoms with E-state index in [0.29, 0.717) is 0 Å². The molecule has 0 bridgehead atoms. The van der Waals surface area contributed by atoms with Crippen LogP contribution in [0.25, 0.3) is 0 Å². The number of hydrogen-bond acceptors (Lipinski definition) is 2. The van der Waals surface area contributed by atoms with Crippen LogP contribution in [0.5, 0.6) is 11.5 Å². The summed E-state index contributed by atoms with van der Waals surface area (Å²) in [6, 6.07) is 14.0. The van der Waals surface area contributed by atoms with Crippen LogP contribution < -0.4 is 9.47 Å². The molecule has 1 aliphatic heterocycles. The van der Waals surface area contributed by atoms with E-state index in [2.05, 4.69) is 18.4 Å². The van der Waals surface area contributed by atoms with Gasteiger partial charge in [0.25, 0.3) is 0 Å². The van der Waals surface area contributed by atoms with Crippen molar-refractivity contribution in [3.63, 3.8) is 0 Å². The molecule has 22 heavy (non-hydrogen) atoms. The van der Waals surface area contributed by atoms with Gasteiger partial charge in [0.15, 0.2) is 11.5 Å². The van der Waals surface area contributed by atoms with Crippen molar-refractivity contribution in [3.05, 3.63) is 71.3 Å². The number of benzene rings is 2. The molecule has 0 aromatic heterocycles. The average molecular weight is 290 g/mol. The molecule has 2 aromatic carbocycles. The van der Waals surface area contributed by atoms with Crippen LogP contribution in [0.3, 0.4) is 0 Å². The molecule has 0 saturated carbocycles. The lowest BCUT2D eigenvalue weighted by Gasteiger charge is -2.07. The molecule has 0 N–H and O–H groups in total. The highest BCUT2D eigenvalue weighted by Crippen LogP contribution is 2.35. The largest absolute Gasteiger partial charge is 0.454 e. The first-order valence-corrected chi connectivity index (χ1v) is 7.36. The van der Waals surface area contributed by atoms with E-state index in [-0.39, 0.29) is 6.79 Å². The van der Waals surface area contributed by atoms with Crippen molar-refractivity contribution in [1.82, 2.24) is 0 Å². The van der Waals surface area contributed by atoms with Crippen LogP contribution in [0.2, 0.25) is 0 Å². The van der Waals surface area contributed by atoms with E-state index in [1.54, 1.807) is 0 Å². The molecule has 0 spiro atoms. The lowest BCUT2D eigenvalue weighted by atomic mass is 10.00. The maximum atomic E-state index is 5.47. The SMILES string of the molecule is C=C(C)CCc1cc2c(cc1C#Cc1ccccc1)OCO2. The summed E-state index contributed by atoms with van der Waals surface area (Å²) in [7, 11) is 0. The molecule has 0 aliphatic carbocycles. The van der Waals surface area contributed by atoms with Crippen LogP contribution in [0.15, 0.2) is 54.6 Å². The van der Waals surface area contributed by atoms with Gasteiger partial charge in [-0.25, -0.2) is 0 Å². The molecule has 3 rings (SSSR count). The summed E-state index contributed by atoms with van der Waals surface area (Å²) in [6.45, 7) is 6.30. The Kier molecular flexibility index (Phi) is 4.16. The molecule has 0 unspecified atom stereocenters. The number of aryl methyl sites for hydroxylation is 1. The fraction of sp³-hybridized carbons (Fsp3) is 0.200. The first-order chi connectivity index (χ1) is 10.7. The van der Waals surface area contributed by atoms with Crippen molar-refractivity contribution in [1.29, 1.82) is 0 Å². The Hall–Kier alpha value is -2.66. The van der Waals surface area contributed by atoms with Gasteiger partial charge in [-0.2, -0.15) is 0 Å².